The second-order valence-electron chi connectivity index (χ2n) is 7.25. The Morgan fingerprint density at radius 1 is 1.26 bits per heavy atom. The molecule has 2 aromatic rings. The van der Waals surface area contributed by atoms with E-state index in [9.17, 15) is 9.59 Å². The van der Waals surface area contributed by atoms with Crippen molar-refractivity contribution in [3.05, 3.63) is 35.0 Å². The lowest BCUT2D eigenvalue weighted by Crippen LogP contribution is -2.37. The van der Waals surface area contributed by atoms with Crippen molar-refractivity contribution in [2.24, 2.45) is 0 Å². The average Bonchev–Trinajstić information content (AvgIpc) is 3.29. The zero-order valence-corrected chi connectivity index (χ0v) is 16.1. The molecule has 0 radical (unpaired) electrons. The zero-order chi connectivity index (χ0) is 19.4. The number of nitrogens with zero attached hydrogens (tertiary/aromatic N) is 3. The van der Waals surface area contributed by atoms with Crippen LogP contribution < -0.4 is 10.6 Å². The van der Waals surface area contributed by atoms with Gasteiger partial charge in [0.05, 0.1) is 23.4 Å². The summed E-state index contributed by atoms with van der Waals surface area (Å²) >= 11 is 0. The molecule has 1 fully saturated rings. The number of nitrogens with one attached hydrogen (secondary N) is 2. The van der Waals surface area contributed by atoms with Crippen LogP contribution in [0.1, 0.15) is 60.1 Å². The van der Waals surface area contributed by atoms with Crippen molar-refractivity contribution in [3.63, 3.8) is 0 Å². The van der Waals surface area contributed by atoms with Crippen LogP contribution in [-0.2, 0) is 17.8 Å². The summed E-state index contributed by atoms with van der Waals surface area (Å²) in [5.74, 6) is 0.385. The van der Waals surface area contributed by atoms with Gasteiger partial charge in [0.1, 0.15) is 5.76 Å². The molecule has 2 N–H and O–H groups in total. The Morgan fingerprint density at radius 3 is 2.67 bits per heavy atom. The van der Waals surface area contributed by atoms with Gasteiger partial charge in [-0.05, 0) is 39.5 Å². The van der Waals surface area contributed by atoms with Crippen molar-refractivity contribution < 1.29 is 14.1 Å². The van der Waals surface area contributed by atoms with Gasteiger partial charge in [0.2, 0.25) is 5.91 Å². The van der Waals surface area contributed by atoms with Gasteiger partial charge in [0.15, 0.2) is 0 Å². The van der Waals surface area contributed by atoms with E-state index < -0.39 is 0 Å². The summed E-state index contributed by atoms with van der Waals surface area (Å²) < 4.78 is 6.89. The molecule has 1 aliphatic rings. The Morgan fingerprint density at radius 2 is 2.00 bits per heavy atom. The van der Waals surface area contributed by atoms with Gasteiger partial charge in [-0.15, -0.1) is 0 Å². The van der Waals surface area contributed by atoms with E-state index in [0.717, 1.165) is 43.6 Å². The van der Waals surface area contributed by atoms with Crippen LogP contribution in [-0.4, -0.2) is 38.8 Å². The first-order chi connectivity index (χ1) is 12.9. The van der Waals surface area contributed by atoms with Crippen LogP contribution in [0.2, 0.25) is 0 Å². The second kappa shape index (κ2) is 8.37. The zero-order valence-electron chi connectivity index (χ0n) is 16.1. The first-order valence-electron chi connectivity index (χ1n) is 9.51. The minimum atomic E-state index is -0.0936. The lowest BCUT2D eigenvalue weighted by Gasteiger charge is -2.14. The number of hydrogen-bond donors (Lipinski definition) is 2. The molecule has 1 aliphatic carbocycles. The van der Waals surface area contributed by atoms with Gasteiger partial charge in [-0.1, -0.05) is 12.1 Å². The largest absolute Gasteiger partial charge is 0.361 e. The number of carbonyl (C=O) groups is 2. The molecule has 2 aromatic heterocycles. The summed E-state index contributed by atoms with van der Waals surface area (Å²) in [5.41, 5.74) is 2.13. The molecule has 2 heterocycles. The molecular weight excluding hydrogens is 346 g/mol. The Balaban J connectivity index is 1.47. The highest BCUT2D eigenvalue weighted by Crippen LogP contribution is 2.20. The van der Waals surface area contributed by atoms with E-state index in [-0.39, 0.29) is 30.3 Å². The summed E-state index contributed by atoms with van der Waals surface area (Å²) in [6.45, 7) is 6.55. The van der Waals surface area contributed by atoms with Crippen LogP contribution in [0.3, 0.4) is 0 Å². The number of rotatable bonds is 7. The van der Waals surface area contributed by atoms with E-state index in [1.807, 2.05) is 24.7 Å². The van der Waals surface area contributed by atoms with Crippen LogP contribution >= 0.6 is 0 Å². The Kier molecular flexibility index (Phi) is 5.93. The number of hydrogen-bond acceptors (Lipinski definition) is 5. The quantitative estimate of drug-likeness (QED) is 0.772. The van der Waals surface area contributed by atoms with Crippen molar-refractivity contribution in [3.8, 4) is 0 Å². The predicted molar refractivity (Wildman–Crippen MR) is 99.2 cm³/mol. The van der Waals surface area contributed by atoms with Gasteiger partial charge in [0, 0.05) is 30.9 Å². The van der Waals surface area contributed by atoms with Crippen molar-refractivity contribution in [2.75, 3.05) is 0 Å². The number of aromatic nitrogens is 3. The maximum Gasteiger partial charge on any atom is 0.254 e. The summed E-state index contributed by atoms with van der Waals surface area (Å²) in [5, 5.41) is 14.3. The van der Waals surface area contributed by atoms with Crippen LogP contribution in [0.4, 0.5) is 0 Å². The fraction of sp³-hybridized carbons (Fsp3) is 0.579. The molecule has 1 saturated carbocycles. The summed E-state index contributed by atoms with van der Waals surface area (Å²) in [6, 6.07) is 1.89. The maximum atomic E-state index is 12.5. The highest BCUT2D eigenvalue weighted by atomic mass is 16.5. The van der Waals surface area contributed by atoms with Crippen LogP contribution in [0.15, 0.2) is 16.8 Å². The monoisotopic (exact) mass is 373 g/mol. The summed E-state index contributed by atoms with van der Waals surface area (Å²) in [7, 11) is 0. The molecule has 3 rings (SSSR count). The molecule has 0 bridgehead atoms. The van der Waals surface area contributed by atoms with E-state index in [0.29, 0.717) is 11.3 Å². The summed E-state index contributed by atoms with van der Waals surface area (Å²) in [6.07, 6.45) is 5.39. The van der Waals surface area contributed by atoms with Gasteiger partial charge in [-0.2, -0.15) is 5.10 Å². The second-order valence-corrected chi connectivity index (χ2v) is 7.25. The highest BCUT2D eigenvalue weighted by Gasteiger charge is 2.28. The minimum absolute atomic E-state index is 0.0595. The van der Waals surface area contributed by atoms with E-state index >= 15 is 0 Å². The smallest absolute Gasteiger partial charge is 0.254 e. The third-order valence-electron chi connectivity index (χ3n) is 4.79. The summed E-state index contributed by atoms with van der Waals surface area (Å²) in [4.78, 5) is 24.7. The van der Waals surface area contributed by atoms with Gasteiger partial charge >= 0.3 is 0 Å². The topological polar surface area (TPSA) is 102 Å². The minimum Gasteiger partial charge on any atom is -0.361 e. The van der Waals surface area contributed by atoms with Crippen LogP contribution in [0.5, 0.6) is 0 Å². The first kappa shape index (κ1) is 19.1. The standard InChI is InChI=1S/C19H27N5O3/c1-4-7-24-11-17(13(3)22-24)19(26)21-15-6-5-14(9-15)20-18(25)10-16-8-12(2)23-27-16/h8,11,14-15H,4-7,9-10H2,1-3H3,(H,20,25)(H,21,26)/t14-,15+/m1/s1. The molecule has 0 aliphatic heterocycles. The number of aryl methyl sites for hydroxylation is 3. The molecular formula is C19H27N5O3. The van der Waals surface area contributed by atoms with Crippen molar-refractivity contribution in [1.29, 1.82) is 0 Å². The number of amides is 2. The van der Waals surface area contributed by atoms with Crippen molar-refractivity contribution in [1.82, 2.24) is 25.6 Å². The molecule has 2 amide bonds. The molecule has 0 spiro atoms. The highest BCUT2D eigenvalue weighted by molar-refractivity contribution is 5.95. The first-order valence-corrected chi connectivity index (χ1v) is 9.51. The molecule has 146 valence electrons. The molecule has 8 nitrogen and oxygen atoms in total. The van der Waals surface area contributed by atoms with Crippen LogP contribution in [0.25, 0.3) is 0 Å². The van der Waals surface area contributed by atoms with Gasteiger partial charge in [-0.3, -0.25) is 14.3 Å². The lowest BCUT2D eigenvalue weighted by molar-refractivity contribution is -0.121. The van der Waals surface area contributed by atoms with Gasteiger partial charge in [-0.25, -0.2) is 0 Å². The maximum absolute atomic E-state index is 12.5. The third kappa shape index (κ3) is 4.96. The molecule has 0 saturated heterocycles. The molecule has 0 aromatic carbocycles. The average molecular weight is 373 g/mol. The fourth-order valence-corrected chi connectivity index (χ4v) is 3.53. The van der Waals surface area contributed by atoms with Gasteiger partial charge < -0.3 is 15.2 Å². The normalized spacial score (nSPS) is 19.2. The van der Waals surface area contributed by atoms with Crippen LogP contribution in [0, 0.1) is 13.8 Å². The van der Waals surface area contributed by atoms with E-state index in [1.54, 1.807) is 6.07 Å². The molecule has 2 atom stereocenters. The lowest BCUT2D eigenvalue weighted by atomic mass is 10.2. The SMILES string of the molecule is CCCn1cc(C(=O)N[C@H]2CC[C@@H](NC(=O)Cc3cc(C)no3)C2)c(C)n1. The molecule has 27 heavy (non-hydrogen) atoms. The van der Waals surface area contributed by atoms with E-state index in [4.69, 9.17) is 4.52 Å². The number of carbonyl (C=O) groups excluding carboxylic acids is 2. The molecule has 8 heteroatoms. The Labute approximate surface area is 158 Å². The van der Waals surface area contributed by atoms with Crippen molar-refractivity contribution >= 4 is 11.8 Å². The third-order valence-corrected chi connectivity index (χ3v) is 4.79. The van der Waals surface area contributed by atoms with Gasteiger partial charge in [0.25, 0.3) is 5.91 Å². The van der Waals surface area contributed by atoms with E-state index in [1.165, 1.54) is 0 Å². The van der Waals surface area contributed by atoms with E-state index in [2.05, 4.69) is 27.8 Å². The fourth-order valence-electron chi connectivity index (χ4n) is 3.53. The Hall–Kier alpha value is -2.64. The Bertz CT molecular complexity index is 810. The predicted octanol–water partition coefficient (Wildman–Crippen LogP) is 1.91. The molecule has 0 unspecified atom stereocenters. The van der Waals surface area contributed by atoms with Crippen molar-refractivity contribution in [2.45, 2.75) is 71.5 Å².